The molecule has 1 aromatic rings. The normalized spacial score (nSPS) is 18.9. The minimum atomic E-state index is 1.30. The van der Waals surface area contributed by atoms with Gasteiger partial charge in [0.05, 0.1) is 0 Å². The zero-order valence-electron chi connectivity index (χ0n) is 9.37. The highest BCUT2D eigenvalue weighted by Gasteiger charge is 2.07. The minimum absolute atomic E-state index is 1.30. The van der Waals surface area contributed by atoms with Crippen LogP contribution >= 0.6 is 11.8 Å². The van der Waals surface area contributed by atoms with E-state index in [9.17, 15) is 0 Å². The first-order chi connectivity index (χ1) is 7.47. The van der Waals surface area contributed by atoms with Gasteiger partial charge in [0.2, 0.25) is 0 Å². The molecule has 3 rings (SSSR count). The largest absolute Gasteiger partial charge is 0.162 e. The van der Waals surface area contributed by atoms with Gasteiger partial charge in [-0.1, -0.05) is 30.7 Å². The molecular formula is C14H20S. The van der Waals surface area contributed by atoms with E-state index in [0.29, 0.717) is 0 Å². The quantitative estimate of drug-likeness (QED) is 0.635. The summed E-state index contributed by atoms with van der Waals surface area (Å²) >= 11 is 2.09. The lowest BCUT2D eigenvalue weighted by molar-refractivity contribution is 0.764. The Bertz CT molecular complexity index is 255. The van der Waals surface area contributed by atoms with Crippen molar-refractivity contribution in [2.75, 3.05) is 11.5 Å². The van der Waals surface area contributed by atoms with E-state index >= 15 is 0 Å². The van der Waals surface area contributed by atoms with Crippen LogP contribution in [-0.2, 0) is 12.8 Å². The molecule has 1 fully saturated rings. The molecule has 1 aliphatic heterocycles. The molecule has 0 N–H and O–H groups in total. The summed E-state index contributed by atoms with van der Waals surface area (Å²) in [5, 5.41) is 0. The van der Waals surface area contributed by atoms with Gasteiger partial charge in [0, 0.05) is 0 Å². The molecule has 82 valence electrons. The van der Waals surface area contributed by atoms with Crippen molar-refractivity contribution in [2.24, 2.45) is 0 Å². The van der Waals surface area contributed by atoms with E-state index in [-0.39, 0.29) is 0 Å². The summed E-state index contributed by atoms with van der Waals surface area (Å²) in [5.41, 5.74) is 3.13. The average Bonchev–Trinajstić information content (AvgIpc) is 2.80. The number of aryl methyl sites for hydroxylation is 2. The molecule has 0 atom stereocenters. The van der Waals surface area contributed by atoms with Gasteiger partial charge in [-0.05, 0) is 54.7 Å². The topological polar surface area (TPSA) is 0 Å². The summed E-state index contributed by atoms with van der Waals surface area (Å²) in [6.45, 7) is 0. The molecule has 0 radical (unpaired) electrons. The standard InChI is InChI=1S/C9H10.C5H10S/c1-2-5-9-7-3-6-8(9)4-1;1-2-4-6-5-3-1/h1-2,4-5H,3,6-7H2;1-5H2. The monoisotopic (exact) mass is 220 g/mol. The van der Waals surface area contributed by atoms with Crippen LogP contribution in [0.3, 0.4) is 0 Å². The fraction of sp³-hybridized carbons (Fsp3) is 0.571. The van der Waals surface area contributed by atoms with Gasteiger partial charge in [0.25, 0.3) is 0 Å². The number of thioether (sulfide) groups is 1. The van der Waals surface area contributed by atoms with Gasteiger partial charge in [0.1, 0.15) is 0 Å². The molecule has 1 heterocycles. The van der Waals surface area contributed by atoms with Gasteiger partial charge in [0.15, 0.2) is 0 Å². The fourth-order valence-corrected chi connectivity index (χ4v) is 3.22. The fourth-order valence-electron chi connectivity index (χ4n) is 2.20. The second-order valence-corrected chi connectivity index (χ2v) is 5.52. The summed E-state index contributed by atoms with van der Waals surface area (Å²) in [6.07, 6.45) is 8.37. The SMILES string of the molecule is C1CCSCC1.c1ccc2c(c1)CCC2. The predicted molar refractivity (Wildman–Crippen MR) is 69.6 cm³/mol. The van der Waals surface area contributed by atoms with Crippen LogP contribution < -0.4 is 0 Å². The molecular weight excluding hydrogens is 200 g/mol. The lowest BCUT2D eigenvalue weighted by atomic mass is 10.1. The predicted octanol–water partition coefficient (Wildman–Crippen LogP) is 4.08. The first kappa shape index (κ1) is 11.1. The highest BCUT2D eigenvalue weighted by atomic mass is 32.2. The van der Waals surface area contributed by atoms with Crippen LogP contribution in [0.1, 0.15) is 36.8 Å². The minimum Gasteiger partial charge on any atom is -0.162 e. The third-order valence-electron chi connectivity index (χ3n) is 3.09. The second kappa shape index (κ2) is 6.22. The first-order valence-electron chi connectivity index (χ1n) is 6.11. The first-order valence-corrected chi connectivity index (χ1v) is 7.27. The molecule has 2 aliphatic rings. The maximum Gasteiger partial charge on any atom is -0.00675 e. The molecule has 0 bridgehead atoms. The van der Waals surface area contributed by atoms with Crippen LogP contribution in [0.4, 0.5) is 0 Å². The van der Waals surface area contributed by atoms with Crippen molar-refractivity contribution >= 4 is 11.8 Å². The molecule has 0 nitrogen and oxygen atoms in total. The number of benzene rings is 1. The van der Waals surface area contributed by atoms with Gasteiger partial charge in [-0.3, -0.25) is 0 Å². The van der Waals surface area contributed by atoms with Crippen molar-refractivity contribution in [1.29, 1.82) is 0 Å². The zero-order chi connectivity index (χ0) is 10.3. The maximum atomic E-state index is 2.24. The Hall–Kier alpha value is -0.430. The molecule has 1 aliphatic carbocycles. The molecule has 1 saturated heterocycles. The maximum absolute atomic E-state index is 2.24. The third-order valence-corrected chi connectivity index (χ3v) is 4.24. The summed E-state index contributed by atoms with van der Waals surface area (Å²) < 4.78 is 0. The molecule has 0 aromatic heterocycles. The second-order valence-electron chi connectivity index (χ2n) is 4.30. The summed E-state index contributed by atoms with van der Waals surface area (Å²) in [7, 11) is 0. The Morgan fingerprint density at radius 3 is 1.73 bits per heavy atom. The highest BCUT2D eigenvalue weighted by Crippen LogP contribution is 2.20. The van der Waals surface area contributed by atoms with Crippen LogP contribution in [0.15, 0.2) is 24.3 Å². The van der Waals surface area contributed by atoms with E-state index in [4.69, 9.17) is 0 Å². The van der Waals surface area contributed by atoms with Crippen molar-refractivity contribution in [3.05, 3.63) is 35.4 Å². The van der Waals surface area contributed by atoms with Crippen molar-refractivity contribution in [3.63, 3.8) is 0 Å². The Labute approximate surface area is 97.5 Å². The van der Waals surface area contributed by atoms with E-state index in [1.807, 2.05) is 0 Å². The molecule has 0 amide bonds. The number of rotatable bonds is 0. The molecule has 0 unspecified atom stereocenters. The Kier molecular flexibility index (Phi) is 4.59. The lowest BCUT2D eigenvalue weighted by Gasteiger charge is -2.05. The van der Waals surface area contributed by atoms with E-state index in [1.54, 1.807) is 11.1 Å². The molecule has 1 aromatic carbocycles. The van der Waals surface area contributed by atoms with Gasteiger partial charge in [-0.15, -0.1) is 0 Å². The number of hydrogen-bond acceptors (Lipinski definition) is 1. The number of hydrogen-bond donors (Lipinski definition) is 0. The van der Waals surface area contributed by atoms with E-state index in [0.717, 1.165) is 0 Å². The van der Waals surface area contributed by atoms with Gasteiger partial charge in [-0.2, -0.15) is 11.8 Å². The van der Waals surface area contributed by atoms with Crippen molar-refractivity contribution < 1.29 is 0 Å². The number of fused-ring (bicyclic) bond motifs is 1. The van der Waals surface area contributed by atoms with Crippen LogP contribution in [0, 0.1) is 0 Å². The molecule has 1 heteroatoms. The van der Waals surface area contributed by atoms with Gasteiger partial charge in [-0.25, -0.2) is 0 Å². The smallest absolute Gasteiger partial charge is 0.00675 e. The summed E-state index contributed by atoms with van der Waals surface area (Å²) in [4.78, 5) is 0. The Morgan fingerprint density at radius 2 is 1.33 bits per heavy atom. The van der Waals surface area contributed by atoms with E-state index in [2.05, 4.69) is 36.0 Å². The zero-order valence-corrected chi connectivity index (χ0v) is 10.2. The van der Waals surface area contributed by atoms with Gasteiger partial charge >= 0.3 is 0 Å². The summed E-state index contributed by atoms with van der Waals surface area (Å²) in [5.74, 6) is 2.83. The van der Waals surface area contributed by atoms with Crippen molar-refractivity contribution in [2.45, 2.75) is 38.5 Å². The molecule has 15 heavy (non-hydrogen) atoms. The lowest BCUT2D eigenvalue weighted by Crippen LogP contribution is -1.91. The van der Waals surface area contributed by atoms with Gasteiger partial charge < -0.3 is 0 Å². The Morgan fingerprint density at radius 1 is 0.733 bits per heavy atom. The Balaban J connectivity index is 0.000000124. The third kappa shape index (κ3) is 3.57. The van der Waals surface area contributed by atoms with E-state index in [1.165, 1.54) is 50.0 Å². The van der Waals surface area contributed by atoms with Crippen LogP contribution in [0.2, 0.25) is 0 Å². The van der Waals surface area contributed by atoms with Crippen molar-refractivity contribution in [3.8, 4) is 0 Å². The van der Waals surface area contributed by atoms with E-state index < -0.39 is 0 Å². The highest BCUT2D eigenvalue weighted by molar-refractivity contribution is 7.99. The van der Waals surface area contributed by atoms with Crippen LogP contribution in [0.25, 0.3) is 0 Å². The average molecular weight is 220 g/mol. The van der Waals surface area contributed by atoms with Crippen molar-refractivity contribution in [1.82, 2.24) is 0 Å². The van der Waals surface area contributed by atoms with Crippen LogP contribution in [0.5, 0.6) is 0 Å². The summed E-state index contributed by atoms with van der Waals surface area (Å²) in [6, 6.07) is 8.74. The molecule has 0 saturated carbocycles. The molecule has 0 spiro atoms. The van der Waals surface area contributed by atoms with Crippen LogP contribution in [-0.4, -0.2) is 11.5 Å².